The molecule has 2 aromatic carbocycles. The molecule has 25 heavy (non-hydrogen) atoms. The predicted octanol–water partition coefficient (Wildman–Crippen LogP) is 4.67. The van der Waals surface area contributed by atoms with Crippen LogP contribution in [0.4, 0.5) is 0 Å². The Morgan fingerprint density at radius 1 is 0.880 bits per heavy atom. The van der Waals surface area contributed by atoms with E-state index in [0.29, 0.717) is 12.8 Å². The van der Waals surface area contributed by atoms with Crippen LogP contribution in [-0.2, 0) is 36.1 Å². The van der Waals surface area contributed by atoms with Crippen molar-refractivity contribution >= 4 is 13.6 Å². The van der Waals surface area contributed by atoms with Crippen LogP contribution >= 0.6 is 7.82 Å². The topological polar surface area (TPSA) is 61.8 Å². The van der Waals surface area contributed by atoms with Crippen molar-refractivity contribution in [2.45, 2.75) is 38.6 Å². The van der Waals surface area contributed by atoms with Gasteiger partial charge in [-0.2, -0.15) is 0 Å². The Balaban J connectivity index is 1.67. The molecule has 0 bridgehead atoms. The summed E-state index contributed by atoms with van der Waals surface area (Å²) in [4.78, 5) is 11.8. The smallest absolute Gasteiger partial charge is 0.297 e. The Morgan fingerprint density at radius 3 is 1.84 bits per heavy atom. The van der Waals surface area contributed by atoms with Gasteiger partial charge in [0, 0.05) is 6.42 Å². The van der Waals surface area contributed by atoms with Crippen molar-refractivity contribution < 1.29 is 22.9 Å². The van der Waals surface area contributed by atoms with E-state index in [4.69, 9.17) is 13.6 Å². The predicted molar refractivity (Wildman–Crippen MR) is 93.8 cm³/mol. The van der Waals surface area contributed by atoms with Gasteiger partial charge in [0.15, 0.2) is 5.78 Å². The van der Waals surface area contributed by atoms with Gasteiger partial charge in [0.05, 0.1) is 13.2 Å². The summed E-state index contributed by atoms with van der Waals surface area (Å²) in [7, 11) is -3.86. The summed E-state index contributed by atoms with van der Waals surface area (Å²) in [6, 6.07) is 18.7. The highest BCUT2D eigenvalue weighted by molar-refractivity contribution is 7.48. The number of hydrogen-bond donors (Lipinski definition) is 0. The lowest BCUT2D eigenvalue weighted by atomic mass is 10.2. The molecule has 1 unspecified atom stereocenters. The van der Waals surface area contributed by atoms with Crippen LogP contribution in [0.25, 0.3) is 0 Å². The van der Waals surface area contributed by atoms with Gasteiger partial charge in [0.25, 0.3) is 0 Å². The third-order valence-corrected chi connectivity index (χ3v) is 5.37. The van der Waals surface area contributed by atoms with E-state index in [1.54, 1.807) is 0 Å². The molecule has 132 valence electrons. The van der Waals surface area contributed by atoms with Gasteiger partial charge in [0.1, 0.15) is 6.10 Å². The summed E-state index contributed by atoms with van der Waals surface area (Å²) in [6.07, 6.45) is 1.02. The molecule has 6 heteroatoms. The van der Waals surface area contributed by atoms with E-state index in [0.717, 1.165) is 17.5 Å². The van der Waals surface area contributed by atoms with E-state index in [-0.39, 0.29) is 19.0 Å². The highest BCUT2D eigenvalue weighted by Crippen LogP contribution is 2.53. The Kier molecular flexibility index (Phi) is 6.16. The van der Waals surface area contributed by atoms with Gasteiger partial charge in [-0.15, -0.1) is 0 Å². The van der Waals surface area contributed by atoms with Gasteiger partial charge in [-0.25, -0.2) is 4.57 Å². The minimum absolute atomic E-state index is 0.0492. The van der Waals surface area contributed by atoms with Gasteiger partial charge < -0.3 is 0 Å². The highest BCUT2D eigenvalue weighted by Gasteiger charge is 2.36. The Morgan fingerprint density at radius 2 is 1.40 bits per heavy atom. The number of benzene rings is 2. The molecule has 0 amide bonds. The van der Waals surface area contributed by atoms with Crippen molar-refractivity contribution in [2.24, 2.45) is 0 Å². The second-order valence-electron chi connectivity index (χ2n) is 5.92. The zero-order chi connectivity index (χ0) is 17.5. The van der Waals surface area contributed by atoms with E-state index in [1.807, 2.05) is 60.7 Å². The lowest BCUT2D eigenvalue weighted by molar-refractivity contribution is -0.124. The number of rotatable bonds is 8. The Hall–Kier alpha value is -1.78. The second-order valence-corrected chi connectivity index (χ2v) is 7.54. The zero-order valence-corrected chi connectivity index (χ0v) is 14.8. The standard InChI is InChI=1S/C19H21O5P/c20-18-12-7-13-19(18)24-25(21,22-14-16-8-3-1-4-9-16)23-15-17-10-5-2-6-11-17/h1-6,8-11,19H,7,12-15H2. The molecule has 1 fully saturated rings. The molecule has 1 saturated carbocycles. The molecular weight excluding hydrogens is 339 g/mol. The lowest BCUT2D eigenvalue weighted by Crippen LogP contribution is -2.17. The molecule has 5 nitrogen and oxygen atoms in total. The number of phosphoric ester groups is 1. The van der Waals surface area contributed by atoms with Gasteiger partial charge >= 0.3 is 7.82 Å². The molecule has 0 spiro atoms. The van der Waals surface area contributed by atoms with Crippen LogP contribution < -0.4 is 0 Å². The van der Waals surface area contributed by atoms with E-state index >= 15 is 0 Å². The highest BCUT2D eigenvalue weighted by atomic mass is 31.2. The molecule has 1 aliphatic rings. The fourth-order valence-corrected chi connectivity index (χ4v) is 3.95. The van der Waals surface area contributed by atoms with Crippen LogP contribution in [0, 0.1) is 0 Å². The van der Waals surface area contributed by atoms with Gasteiger partial charge in [-0.3, -0.25) is 18.4 Å². The van der Waals surface area contributed by atoms with Crippen molar-refractivity contribution in [1.29, 1.82) is 0 Å². The molecular formula is C19H21O5P. The van der Waals surface area contributed by atoms with Crippen molar-refractivity contribution in [3.8, 4) is 0 Å². The number of phosphoric acid groups is 1. The molecule has 0 aromatic heterocycles. The van der Waals surface area contributed by atoms with Crippen LogP contribution in [0.15, 0.2) is 60.7 Å². The zero-order valence-electron chi connectivity index (χ0n) is 13.9. The SMILES string of the molecule is O=C1CCCC1OP(=O)(OCc1ccccc1)OCc1ccccc1. The minimum atomic E-state index is -3.86. The first-order valence-corrected chi connectivity index (χ1v) is 9.79. The molecule has 2 aromatic rings. The maximum absolute atomic E-state index is 13.0. The fourth-order valence-electron chi connectivity index (χ4n) is 2.60. The summed E-state index contributed by atoms with van der Waals surface area (Å²) in [5, 5.41) is 0. The maximum Gasteiger partial charge on any atom is 0.476 e. The second kappa shape index (κ2) is 8.54. The molecule has 0 radical (unpaired) electrons. The van der Waals surface area contributed by atoms with Crippen molar-refractivity contribution in [1.82, 2.24) is 0 Å². The summed E-state index contributed by atoms with van der Waals surface area (Å²) in [5.74, 6) is -0.0492. The van der Waals surface area contributed by atoms with Crippen LogP contribution in [0.5, 0.6) is 0 Å². The van der Waals surface area contributed by atoms with Crippen LogP contribution in [0.3, 0.4) is 0 Å². The quantitative estimate of drug-likeness (QED) is 0.641. The van der Waals surface area contributed by atoms with Crippen molar-refractivity contribution in [3.63, 3.8) is 0 Å². The van der Waals surface area contributed by atoms with E-state index in [1.165, 1.54) is 0 Å². The number of ketones is 1. The number of carbonyl (C=O) groups excluding carboxylic acids is 1. The van der Waals surface area contributed by atoms with Crippen LogP contribution in [0.1, 0.15) is 30.4 Å². The fraction of sp³-hybridized carbons (Fsp3) is 0.316. The molecule has 0 aliphatic heterocycles. The molecule has 1 aliphatic carbocycles. The van der Waals surface area contributed by atoms with Crippen molar-refractivity contribution in [3.05, 3.63) is 71.8 Å². The molecule has 1 atom stereocenters. The minimum Gasteiger partial charge on any atom is -0.297 e. The molecule has 0 saturated heterocycles. The molecule has 3 rings (SSSR count). The maximum atomic E-state index is 13.0. The normalized spacial score (nSPS) is 17.8. The monoisotopic (exact) mass is 360 g/mol. The van der Waals surface area contributed by atoms with Crippen LogP contribution in [0.2, 0.25) is 0 Å². The first kappa shape index (κ1) is 18.0. The summed E-state index contributed by atoms with van der Waals surface area (Å²) >= 11 is 0. The first-order valence-electron chi connectivity index (χ1n) is 8.33. The summed E-state index contributed by atoms with van der Waals surface area (Å²) in [6.45, 7) is 0.182. The summed E-state index contributed by atoms with van der Waals surface area (Å²) < 4.78 is 29.6. The lowest BCUT2D eigenvalue weighted by Gasteiger charge is -2.21. The summed E-state index contributed by atoms with van der Waals surface area (Å²) in [5.41, 5.74) is 1.71. The largest absolute Gasteiger partial charge is 0.476 e. The third kappa shape index (κ3) is 5.35. The average molecular weight is 360 g/mol. The van der Waals surface area contributed by atoms with Crippen molar-refractivity contribution in [2.75, 3.05) is 0 Å². The number of Topliss-reactive ketones (excluding diaryl/α,β-unsaturated/α-hetero) is 1. The van der Waals surface area contributed by atoms with E-state index < -0.39 is 13.9 Å². The van der Waals surface area contributed by atoms with E-state index in [2.05, 4.69) is 0 Å². The molecule has 0 heterocycles. The van der Waals surface area contributed by atoms with Gasteiger partial charge in [0.2, 0.25) is 0 Å². The number of carbonyl (C=O) groups is 1. The Labute approximate surface area is 147 Å². The van der Waals surface area contributed by atoms with Crippen LogP contribution in [-0.4, -0.2) is 11.9 Å². The van der Waals surface area contributed by atoms with E-state index in [9.17, 15) is 9.36 Å². The molecule has 0 N–H and O–H groups in total. The average Bonchev–Trinajstić information content (AvgIpc) is 3.05. The third-order valence-electron chi connectivity index (χ3n) is 3.97. The number of hydrogen-bond acceptors (Lipinski definition) is 5. The van der Waals surface area contributed by atoms with Gasteiger partial charge in [-0.05, 0) is 24.0 Å². The Bertz CT molecular complexity index is 684. The first-order chi connectivity index (χ1) is 12.1. The van der Waals surface area contributed by atoms with Gasteiger partial charge in [-0.1, -0.05) is 60.7 Å².